The van der Waals surface area contributed by atoms with Crippen LogP contribution in [0.3, 0.4) is 0 Å². The molecule has 0 heterocycles. The molecule has 0 amide bonds. The van der Waals surface area contributed by atoms with Crippen LogP contribution in [0.1, 0.15) is 18.6 Å². The number of benzene rings is 1. The van der Waals surface area contributed by atoms with Gasteiger partial charge in [-0.1, -0.05) is 30.3 Å². The van der Waals surface area contributed by atoms with Crippen LogP contribution in [0.4, 0.5) is 0 Å². The average Bonchev–Trinajstić information content (AvgIpc) is 2.17. The molecule has 0 fully saturated rings. The van der Waals surface area contributed by atoms with Crippen LogP contribution >= 0.6 is 0 Å². The van der Waals surface area contributed by atoms with E-state index in [1.807, 2.05) is 44.3 Å². The van der Waals surface area contributed by atoms with Crippen molar-refractivity contribution in [3.63, 3.8) is 0 Å². The minimum absolute atomic E-state index is 0. The second-order valence-electron chi connectivity index (χ2n) is 2.93. The second kappa shape index (κ2) is 6.74. The molecule has 0 saturated heterocycles. The molecule has 2 nitrogen and oxygen atoms in total. The van der Waals surface area contributed by atoms with Gasteiger partial charge in [-0.15, -0.1) is 0 Å². The van der Waals surface area contributed by atoms with Crippen molar-refractivity contribution in [3.8, 4) is 0 Å². The smallest absolute Gasteiger partial charge is 0.0940 e. The van der Waals surface area contributed by atoms with Crippen LogP contribution in [0.15, 0.2) is 30.3 Å². The van der Waals surface area contributed by atoms with Crippen LogP contribution < -0.4 is 5.32 Å². The zero-order chi connectivity index (χ0) is 8.97. The van der Waals surface area contributed by atoms with Crippen molar-refractivity contribution in [1.82, 2.24) is 5.32 Å². The molecule has 13 heavy (non-hydrogen) atoms. The van der Waals surface area contributed by atoms with Crippen molar-refractivity contribution in [2.75, 3.05) is 7.05 Å². The predicted octanol–water partition coefficient (Wildman–Crippen LogP) is 1.33. The molecule has 0 aliphatic rings. The van der Waals surface area contributed by atoms with E-state index in [0.29, 0.717) is 0 Å². The average molecular weight is 304 g/mol. The third-order valence-electron chi connectivity index (χ3n) is 2.07. The maximum Gasteiger partial charge on any atom is 0.0940 e. The van der Waals surface area contributed by atoms with E-state index in [1.54, 1.807) is 0 Å². The van der Waals surface area contributed by atoms with Crippen LogP contribution in [0.25, 0.3) is 0 Å². The summed E-state index contributed by atoms with van der Waals surface area (Å²) in [6, 6.07) is 9.76. The summed E-state index contributed by atoms with van der Waals surface area (Å²) in [5, 5.41) is 12.7. The molecule has 0 aliphatic heterocycles. The SMILES string of the molecule is CN[C@@H](C)[C@H](O)c1ccccc1.[La]. The largest absolute Gasteiger partial charge is 0.387 e. The molecule has 0 aromatic heterocycles. The monoisotopic (exact) mass is 304 g/mol. The standard InChI is InChI=1S/C10H15NO.La/c1-8(11-2)10(12)9-6-4-3-5-7-9;/h3-8,10-12H,1-2H3;/t8-,10-;/m0./s1. The summed E-state index contributed by atoms with van der Waals surface area (Å²) in [5.74, 6) is 0. The summed E-state index contributed by atoms with van der Waals surface area (Å²) >= 11 is 0. The van der Waals surface area contributed by atoms with Gasteiger partial charge in [-0.05, 0) is 19.5 Å². The molecule has 0 unspecified atom stereocenters. The maximum atomic E-state index is 9.73. The predicted molar refractivity (Wildman–Crippen MR) is 49.9 cm³/mol. The molecule has 1 aromatic rings. The number of hydrogen-bond acceptors (Lipinski definition) is 2. The van der Waals surface area contributed by atoms with Gasteiger partial charge in [0, 0.05) is 41.6 Å². The molecule has 0 bridgehead atoms. The van der Waals surface area contributed by atoms with Crippen molar-refractivity contribution < 1.29 is 40.7 Å². The first-order chi connectivity index (χ1) is 5.75. The first-order valence-electron chi connectivity index (χ1n) is 4.16. The molecule has 1 radical (unpaired) electrons. The molecular formula is C10H15LaNO. The van der Waals surface area contributed by atoms with E-state index >= 15 is 0 Å². The van der Waals surface area contributed by atoms with E-state index in [9.17, 15) is 5.11 Å². The van der Waals surface area contributed by atoms with Gasteiger partial charge >= 0.3 is 0 Å². The number of hydrogen-bond donors (Lipinski definition) is 2. The maximum absolute atomic E-state index is 9.73. The summed E-state index contributed by atoms with van der Waals surface area (Å²) in [6.07, 6.45) is -0.420. The first-order valence-corrected chi connectivity index (χ1v) is 4.16. The number of aliphatic hydroxyl groups is 1. The van der Waals surface area contributed by atoms with Crippen molar-refractivity contribution in [2.45, 2.75) is 19.1 Å². The number of nitrogens with one attached hydrogen (secondary N) is 1. The summed E-state index contributed by atoms with van der Waals surface area (Å²) in [7, 11) is 1.84. The Balaban J connectivity index is 0.00000144. The number of likely N-dealkylation sites (N-methyl/N-ethyl adjacent to an activating group) is 1. The van der Waals surface area contributed by atoms with E-state index in [0.717, 1.165) is 5.56 Å². The summed E-state index contributed by atoms with van der Waals surface area (Å²) in [4.78, 5) is 0. The summed E-state index contributed by atoms with van der Waals surface area (Å²) in [6.45, 7) is 1.96. The fourth-order valence-corrected chi connectivity index (χ4v) is 1.10. The van der Waals surface area contributed by atoms with E-state index in [2.05, 4.69) is 5.32 Å². The first kappa shape index (κ1) is 13.3. The third-order valence-corrected chi connectivity index (χ3v) is 2.07. The Morgan fingerprint density at radius 1 is 1.23 bits per heavy atom. The fraction of sp³-hybridized carbons (Fsp3) is 0.400. The molecule has 2 N–H and O–H groups in total. The third kappa shape index (κ3) is 3.92. The van der Waals surface area contributed by atoms with Crippen LogP contribution in [0, 0.1) is 35.6 Å². The van der Waals surface area contributed by atoms with Crippen molar-refractivity contribution >= 4 is 0 Å². The van der Waals surface area contributed by atoms with Crippen LogP contribution in [0.2, 0.25) is 0 Å². The normalized spacial score (nSPS) is 14.4. The van der Waals surface area contributed by atoms with Gasteiger partial charge in [-0.25, -0.2) is 0 Å². The van der Waals surface area contributed by atoms with Gasteiger partial charge in [-0.3, -0.25) is 0 Å². The van der Waals surface area contributed by atoms with Crippen LogP contribution in [0.5, 0.6) is 0 Å². The van der Waals surface area contributed by atoms with E-state index < -0.39 is 6.10 Å². The van der Waals surface area contributed by atoms with Crippen molar-refractivity contribution in [2.24, 2.45) is 0 Å². The van der Waals surface area contributed by atoms with E-state index in [1.165, 1.54) is 0 Å². The molecule has 3 heteroatoms. The molecule has 1 aromatic carbocycles. The molecule has 0 saturated carbocycles. The van der Waals surface area contributed by atoms with Crippen LogP contribution in [-0.4, -0.2) is 18.2 Å². The molecule has 0 spiro atoms. The van der Waals surface area contributed by atoms with Gasteiger partial charge in [-0.2, -0.15) is 0 Å². The Bertz CT molecular complexity index is 228. The van der Waals surface area contributed by atoms with Gasteiger partial charge in [0.1, 0.15) is 0 Å². The van der Waals surface area contributed by atoms with Crippen molar-refractivity contribution in [1.29, 1.82) is 0 Å². The minimum Gasteiger partial charge on any atom is -0.387 e. The van der Waals surface area contributed by atoms with Crippen molar-refractivity contribution in [3.05, 3.63) is 35.9 Å². The van der Waals surface area contributed by atoms with Gasteiger partial charge < -0.3 is 10.4 Å². The minimum atomic E-state index is -0.420. The van der Waals surface area contributed by atoms with Gasteiger partial charge in [0.25, 0.3) is 0 Å². The van der Waals surface area contributed by atoms with Crippen LogP contribution in [-0.2, 0) is 0 Å². The second-order valence-corrected chi connectivity index (χ2v) is 2.93. The topological polar surface area (TPSA) is 32.3 Å². The number of rotatable bonds is 3. The Kier molecular flexibility index (Phi) is 6.91. The fourth-order valence-electron chi connectivity index (χ4n) is 1.10. The number of aliphatic hydroxyl groups excluding tert-OH is 1. The molecular weight excluding hydrogens is 289 g/mol. The van der Waals surface area contributed by atoms with Gasteiger partial charge in [0.05, 0.1) is 6.10 Å². The molecule has 2 atom stereocenters. The zero-order valence-corrected chi connectivity index (χ0v) is 11.7. The quantitative estimate of drug-likeness (QED) is 0.883. The zero-order valence-electron chi connectivity index (χ0n) is 8.07. The Morgan fingerprint density at radius 2 is 1.77 bits per heavy atom. The molecule has 69 valence electrons. The molecule has 0 aliphatic carbocycles. The van der Waals surface area contributed by atoms with Gasteiger partial charge in [0.15, 0.2) is 0 Å². The van der Waals surface area contributed by atoms with E-state index in [4.69, 9.17) is 0 Å². The summed E-state index contributed by atoms with van der Waals surface area (Å²) in [5.41, 5.74) is 0.958. The molecule has 1 rings (SSSR count). The Morgan fingerprint density at radius 3 is 2.23 bits per heavy atom. The Labute approximate surface area is 107 Å². The Hall–Kier alpha value is 0.335. The summed E-state index contributed by atoms with van der Waals surface area (Å²) < 4.78 is 0. The van der Waals surface area contributed by atoms with E-state index in [-0.39, 0.29) is 41.6 Å². The van der Waals surface area contributed by atoms with Gasteiger partial charge in [0.2, 0.25) is 0 Å².